The van der Waals surface area contributed by atoms with Crippen molar-refractivity contribution in [3.8, 4) is 28.5 Å². The Morgan fingerprint density at radius 3 is 2.37 bits per heavy atom. The number of nitrogens with zero attached hydrogens (tertiary/aromatic N) is 2. The molecule has 0 N–H and O–H groups in total. The number of nitro groups is 1. The summed E-state index contributed by atoms with van der Waals surface area (Å²) in [4.78, 5) is 15.3. The Balaban J connectivity index is 1.98. The molecule has 3 aromatic rings. The van der Waals surface area contributed by atoms with Crippen molar-refractivity contribution in [1.29, 1.82) is 0 Å². The van der Waals surface area contributed by atoms with E-state index in [1.807, 2.05) is 30.3 Å². The van der Waals surface area contributed by atoms with Crippen molar-refractivity contribution >= 4 is 5.69 Å². The summed E-state index contributed by atoms with van der Waals surface area (Å²) < 4.78 is 16.2. The summed E-state index contributed by atoms with van der Waals surface area (Å²) in [5, 5.41) is 11.6. The number of methoxy groups -OCH3 is 2. The Kier molecular flexibility index (Phi) is 5.51. The number of rotatable bonds is 7. The quantitative estimate of drug-likeness (QED) is 0.459. The first-order valence-corrected chi connectivity index (χ1v) is 8.16. The number of pyridine rings is 1. The SMILES string of the molecule is COc1ccc(-c2cc(OC)c(OCc3ccccc3)cc2[N+](=O)[O-])cn1. The molecule has 0 unspecified atom stereocenters. The maximum atomic E-state index is 11.6. The fourth-order valence-electron chi connectivity index (χ4n) is 2.60. The Bertz CT molecular complexity index is 927. The van der Waals surface area contributed by atoms with Gasteiger partial charge >= 0.3 is 0 Å². The molecule has 0 aliphatic carbocycles. The normalized spacial score (nSPS) is 10.3. The van der Waals surface area contributed by atoms with Crippen LogP contribution in [0.1, 0.15) is 5.56 Å². The average molecular weight is 366 g/mol. The summed E-state index contributed by atoms with van der Waals surface area (Å²) in [6.07, 6.45) is 1.52. The zero-order valence-corrected chi connectivity index (χ0v) is 14.9. The van der Waals surface area contributed by atoms with Crippen LogP contribution in [-0.4, -0.2) is 24.1 Å². The zero-order valence-electron chi connectivity index (χ0n) is 14.9. The molecule has 0 aliphatic rings. The third kappa shape index (κ3) is 4.14. The van der Waals surface area contributed by atoms with Gasteiger partial charge in [-0.1, -0.05) is 30.3 Å². The summed E-state index contributed by atoms with van der Waals surface area (Å²) in [7, 11) is 3.00. The highest BCUT2D eigenvalue weighted by Crippen LogP contribution is 2.40. The van der Waals surface area contributed by atoms with Gasteiger partial charge in [0.25, 0.3) is 5.69 Å². The van der Waals surface area contributed by atoms with Gasteiger partial charge in [-0.2, -0.15) is 0 Å². The monoisotopic (exact) mass is 366 g/mol. The smallest absolute Gasteiger partial charge is 0.281 e. The van der Waals surface area contributed by atoms with Crippen LogP contribution in [0, 0.1) is 10.1 Å². The molecule has 2 aromatic carbocycles. The lowest BCUT2D eigenvalue weighted by atomic mass is 10.0. The van der Waals surface area contributed by atoms with Gasteiger partial charge in [0.1, 0.15) is 6.61 Å². The standard InChI is InChI=1S/C20H18N2O5/c1-25-18-10-16(15-8-9-20(26-2)21-12-15)17(22(23)24)11-19(18)27-13-14-6-4-3-5-7-14/h3-12H,13H2,1-2H3. The Morgan fingerprint density at radius 2 is 1.78 bits per heavy atom. The molecule has 0 aliphatic heterocycles. The van der Waals surface area contributed by atoms with E-state index in [-0.39, 0.29) is 12.3 Å². The molecule has 1 heterocycles. The van der Waals surface area contributed by atoms with Gasteiger partial charge in [0.2, 0.25) is 5.88 Å². The van der Waals surface area contributed by atoms with Crippen LogP contribution in [0.5, 0.6) is 17.4 Å². The summed E-state index contributed by atoms with van der Waals surface area (Å²) >= 11 is 0. The number of ether oxygens (including phenoxy) is 3. The second-order valence-electron chi connectivity index (χ2n) is 5.64. The van der Waals surface area contributed by atoms with Crippen molar-refractivity contribution in [3.63, 3.8) is 0 Å². The third-order valence-electron chi connectivity index (χ3n) is 3.97. The number of hydrogen-bond donors (Lipinski definition) is 0. The molecule has 27 heavy (non-hydrogen) atoms. The van der Waals surface area contributed by atoms with Crippen LogP contribution in [0.2, 0.25) is 0 Å². The molecule has 0 fully saturated rings. The Morgan fingerprint density at radius 1 is 1.00 bits per heavy atom. The highest BCUT2D eigenvalue weighted by Gasteiger charge is 2.21. The number of benzene rings is 2. The van der Waals surface area contributed by atoms with E-state index in [2.05, 4.69) is 4.98 Å². The van der Waals surface area contributed by atoms with Crippen molar-refractivity contribution in [1.82, 2.24) is 4.98 Å². The molecule has 7 heteroatoms. The van der Waals surface area contributed by atoms with Crippen LogP contribution in [0.3, 0.4) is 0 Å². The molecule has 7 nitrogen and oxygen atoms in total. The van der Waals surface area contributed by atoms with E-state index in [0.29, 0.717) is 28.5 Å². The lowest BCUT2D eigenvalue weighted by molar-refractivity contribution is -0.384. The van der Waals surface area contributed by atoms with E-state index < -0.39 is 4.92 Å². The van der Waals surface area contributed by atoms with Crippen LogP contribution < -0.4 is 14.2 Å². The van der Waals surface area contributed by atoms with Crippen LogP contribution in [0.25, 0.3) is 11.1 Å². The second-order valence-corrected chi connectivity index (χ2v) is 5.64. The van der Waals surface area contributed by atoms with Crippen molar-refractivity contribution in [2.45, 2.75) is 6.61 Å². The first-order valence-electron chi connectivity index (χ1n) is 8.16. The van der Waals surface area contributed by atoms with E-state index in [9.17, 15) is 10.1 Å². The summed E-state index contributed by atoms with van der Waals surface area (Å²) in [6, 6.07) is 15.9. The summed E-state index contributed by atoms with van der Waals surface area (Å²) in [5.74, 6) is 1.14. The maximum absolute atomic E-state index is 11.6. The van der Waals surface area contributed by atoms with Crippen molar-refractivity contribution in [2.24, 2.45) is 0 Å². The molecular formula is C20H18N2O5. The summed E-state index contributed by atoms with van der Waals surface area (Å²) in [5.41, 5.74) is 1.82. The highest BCUT2D eigenvalue weighted by atomic mass is 16.6. The minimum Gasteiger partial charge on any atom is -0.493 e. The molecule has 138 valence electrons. The molecule has 0 saturated carbocycles. The molecule has 0 radical (unpaired) electrons. The number of nitro benzene ring substituents is 1. The second kappa shape index (κ2) is 8.18. The predicted octanol–water partition coefficient (Wildman–Crippen LogP) is 4.25. The molecular weight excluding hydrogens is 348 g/mol. The van der Waals surface area contributed by atoms with Gasteiger partial charge in [0, 0.05) is 17.8 Å². The van der Waals surface area contributed by atoms with Crippen LogP contribution in [-0.2, 0) is 6.61 Å². The molecule has 0 saturated heterocycles. The van der Waals surface area contributed by atoms with E-state index in [1.54, 1.807) is 18.2 Å². The zero-order chi connectivity index (χ0) is 19.2. The van der Waals surface area contributed by atoms with Gasteiger partial charge in [0.15, 0.2) is 11.5 Å². The van der Waals surface area contributed by atoms with E-state index in [0.717, 1.165) is 5.56 Å². The lowest BCUT2D eigenvalue weighted by Crippen LogP contribution is -2.00. The van der Waals surface area contributed by atoms with Crippen LogP contribution >= 0.6 is 0 Å². The van der Waals surface area contributed by atoms with Gasteiger partial charge in [0.05, 0.1) is 30.8 Å². The van der Waals surface area contributed by atoms with E-state index in [1.165, 1.54) is 26.5 Å². The number of hydrogen-bond acceptors (Lipinski definition) is 6. The highest BCUT2D eigenvalue weighted by molar-refractivity contribution is 5.76. The Labute approximate surface area is 156 Å². The fourth-order valence-corrected chi connectivity index (χ4v) is 2.60. The number of aromatic nitrogens is 1. The van der Waals surface area contributed by atoms with E-state index in [4.69, 9.17) is 14.2 Å². The molecule has 0 bridgehead atoms. The largest absolute Gasteiger partial charge is 0.493 e. The lowest BCUT2D eigenvalue weighted by Gasteiger charge is -2.13. The first-order chi connectivity index (χ1) is 13.1. The maximum Gasteiger partial charge on any atom is 0.281 e. The van der Waals surface area contributed by atoms with Gasteiger partial charge in [-0.3, -0.25) is 10.1 Å². The Hall–Kier alpha value is -3.61. The fraction of sp³-hybridized carbons (Fsp3) is 0.150. The van der Waals surface area contributed by atoms with Gasteiger partial charge in [-0.25, -0.2) is 4.98 Å². The molecule has 1 aromatic heterocycles. The topological polar surface area (TPSA) is 83.7 Å². The average Bonchev–Trinajstić information content (AvgIpc) is 2.72. The predicted molar refractivity (Wildman–Crippen MR) is 100 cm³/mol. The molecule has 0 spiro atoms. The van der Waals surface area contributed by atoms with Gasteiger partial charge in [-0.05, 0) is 17.7 Å². The summed E-state index contributed by atoms with van der Waals surface area (Å²) in [6.45, 7) is 0.276. The molecule has 0 atom stereocenters. The first kappa shape index (κ1) is 18.2. The molecule has 3 rings (SSSR count). The van der Waals surface area contributed by atoms with E-state index >= 15 is 0 Å². The van der Waals surface area contributed by atoms with Gasteiger partial charge < -0.3 is 14.2 Å². The van der Waals surface area contributed by atoms with Gasteiger partial charge in [-0.15, -0.1) is 0 Å². The van der Waals surface area contributed by atoms with Crippen LogP contribution in [0.15, 0.2) is 60.8 Å². The molecule has 0 amide bonds. The third-order valence-corrected chi connectivity index (χ3v) is 3.97. The van der Waals surface area contributed by atoms with Crippen molar-refractivity contribution < 1.29 is 19.1 Å². The van der Waals surface area contributed by atoms with Crippen molar-refractivity contribution in [2.75, 3.05) is 14.2 Å². The van der Waals surface area contributed by atoms with Crippen LogP contribution in [0.4, 0.5) is 5.69 Å². The minimum atomic E-state index is -0.450. The minimum absolute atomic E-state index is 0.0918. The van der Waals surface area contributed by atoms with Crippen molar-refractivity contribution in [3.05, 3.63) is 76.5 Å².